The second-order valence-electron chi connectivity index (χ2n) is 4.65. The smallest absolute Gasteiger partial charge is 0.203 e. The minimum absolute atomic E-state index is 0.218. The number of methoxy groups -OCH3 is 1. The molecule has 0 aliphatic rings. The molecule has 2 heterocycles. The molecule has 102 valence electrons. The molecule has 1 atom stereocenters. The molecule has 0 bridgehead atoms. The molecule has 0 aromatic carbocycles. The van der Waals surface area contributed by atoms with Gasteiger partial charge in [-0.2, -0.15) is 0 Å². The van der Waals surface area contributed by atoms with Gasteiger partial charge in [0.25, 0.3) is 0 Å². The van der Waals surface area contributed by atoms with Crippen molar-refractivity contribution >= 4 is 5.95 Å². The molecule has 5 heteroatoms. The van der Waals surface area contributed by atoms with E-state index < -0.39 is 0 Å². The summed E-state index contributed by atoms with van der Waals surface area (Å²) in [4.78, 5) is 8.74. The van der Waals surface area contributed by atoms with E-state index >= 15 is 0 Å². The zero-order chi connectivity index (χ0) is 13.7. The highest BCUT2D eigenvalue weighted by atomic mass is 16.5. The quantitative estimate of drug-likeness (QED) is 0.864. The summed E-state index contributed by atoms with van der Waals surface area (Å²) in [6.45, 7) is 5.50. The number of imidazole rings is 1. The lowest BCUT2D eigenvalue weighted by atomic mass is 10.2. The number of nitrogens with zero attached hydrogens (tertiary/aromatic N) is 3. The number of aryl methyl sites for hydroxylation is 1. The van der Waals surface area contributed by atoms with Crippen LogP contribution in [-0.2, 0) is 11.3 Å². The van der Waals surface area contributed by atoms with Crippen molar-refractivity contribution in [2.75, 3.05) is 19.0 Å². The van der Waals surface area contributed by atoms with E-state index in [1.807, 2.05) is 18.5 Å². The predicted octanol–water partition coefficient (Wildman–Crippen LogP) is 2.08. The number of aromatic nitrogens is 3. The summed E-state index contributed by atoms with van der Waals surface area (Å²) >= 11 is 0. The van der Waals surface area contributed by atoms with Crippen molar-refractivity contribution in [2.45, 2.75) is 26.4 Å². The Bertz CT molecular complexity index is 524. The van der Waals surface area contributed by atoms with Gasteiger partial charge in [-0.1, -0.05) is 6.07 Å². The maximum Gasteiger partial charge on any atom is 0.203 e. The first-order valence-corrected chi connectivity index (χ1v) is 6.38. The van der Waals surface area contributed by atoms with E-state index in [1.165, 1.54) is 5.56 Å². The van der Waals surface area contributed by atoms with Crippen LogP contribution in [0.2, 0.25) is 0 Å². The van der Waals surface area contributed by atoms with Gasteiger partial charge in [0.1, 0.15) is 0 Å². The third-order valence-electron chi connectivity index (χ3n) is 2.95. The largest absolute Gasteiger partial charge is 0.383 e. The van der Waals surface area contributed by atoms with Crippen LogP contribution in [0.1, 0.15) is 18.2 Å². The molecule has 0 spiro atoms. The zero-order valence-electron chi connectivity index (χ0n) is 11.6. The molecule has 0 saturated carbocycles. The van der Waals surface area contributed by atoms with Crippen molar-refractivity contribution in [1.82, 2.24) is 14.5 Å². The predicted molar refractivity (Wildman–Crippen MR) is 75.3 cm³/mol. The Labute approximate surface area is 113 Å². The first kappa shape index (κ1) is 13.5. The van der Waals surface area contributed by atoms with Crippen molar-refractivity contribution in [3.63, 3.8) is 0 Å². The SMILES string of the molecule is COCC(C)Nc1nccn1Cc1ncccc1C. The summed E-state index contributed by atoms with van der Waals surface area (Å²) in [5.74, 6) is 0.842. The van der Waals surface area contributed by atoms with Crippen LogP contribution in [0.4, 0.5) is 5.95 Å². The maximum atomic E-state index is 5.12. The summed E-state index contributed by atoms with van der Waals surface area (Å²) in [6.07, 6.45) is 5.57. The Kier molecular flexibility index (Phi) is 4.52. The number of rotatable bonds is 6. The first-order chi connectivity index (χ1) is 9.20. The van der Waals surface area contributed by atoms with Crippen LogP contribution in [0.5, 0.6) is 0 Å². The fourth-order valence-electron chi connectivity index (χ4n) is 1.93. The highest BCUT2D eigenvalue weighted by molar-refractivity contribution is 5.29. The molecule has 2 aromatic rings. The van der Waals surface area contributed by atoms with Gasteiger partial charge in [-0.3, -0.25) is 4.98 Å². The number of hydrogen-bond donors (Lipinski definition) is 1. The number of hydrogen-bond acceptors (Lipinski definition) is 4. The van der Waals surface area contributed by atoms with Crippen molar-refractivity contribution in [3.8, 4) is 0 Å². The third-order valence-corrected chi connectivity index (χ3v) is 2.95. The lowest BCUT2D eigenvalue weighted by Gasteiger charge is -2.15. The standard InChI is InChI=1S/C14H20N4O/c1-11-5-4-6-15-13(11)9-18-8-7-16-14(18)17-12(2)10-19-3/h4-8,12H,9-10H2,1-3H3,(H,16,17). The van der Waals surface area contributed by atoms with Gasteiger partial charge in [-0.25, -0.2) is 4.98 Å². The lowest BCUT2D eigenvalue weighted by Crippen LogP contribution is -2.23. The van der Waals surface area contributed by atoms with E-state index in [0.29, 0.717) is 13.2 Å². The Morgan fingerprint density at radius 2 is 2.21 bits per heavy atom. The zero-order valence-corrected chi connectivity index (χ0v) is 11.6. The maximum absolute atomic E-state index is 5.12. The van der Waals surface area contributed by atoms with E-state index in [2.05, 4.69) is 39.8 Å². The van der Waals surface area contributed by atoms with Gasteiger partial charge in [-0.15, -0.1) is 0 Å². The number of pyridine rings is 1. The molecule has 19 heavy (non-hydrogen) atoms. The van der Waals surface area contributed by atoms with E-state index in [1.54, 1.807) is 13.3 Å². The van der Waals surface area contributed by atoms with Crippen LogP contribution in [0, 0.1) is 6.92 Å². The van der Waals surface area contributed by atoms with Crippen molar-refractivity contribution in [1.29, 1.82) is 0 Å². The molecule has 5 nitrogen and oxygen atoms in total. The molecule has 1 unspecified atom stereocenters. The van der Waals surface area contributed by atoms with E-state index in [4.69, 9.17) is 4.74 Å². The fraction of sp³-hybridized carbons (Fsp3) is 0.429. The third kappa shape index (κ3) is 3.54. The Morgan fingerprint density at radius 1 is 1.37 bits per heavy atom. The van der Waals surface area contributed by atoms with Gasteiger partial charge in [-0.05, 0) is 25.5 Å². The molecule has 0 aliphatic heterocycles. The first-order valence-electron chi connectivity index (χ1n) is 6.38. The van der Waals surface area contributed by atoms with Gasteiger partial charge >= 0.3 is 0 Å². The van der Waals surface area contributed by atoms with Crippen LogP contribution in [0.3, 0.4) is 0 Å². The summed E-state index contributed by atoms with van der Waals surface area (Å²) in [5, 5.41) is 3.33. The lowest BCUT2D eigenvalue weighted by molar-refractivity contribution is 0.190. The summed E-state index contributed by atoms with van der Waals surface area (Å²) in [7, 11) is 1.70. The molecule has 2 rings (SSSR count). The van der Waals surface area contributed by atoms with Gasteiger partial charge in [0.15, 0.2) is 0 Å². The second-order valence-corrected chi connectivity index (χ2v) is 4.65. The van der Waals surface area contributed by atoms with Crippen molar-refractivity contribution in [3.05, 3.63) is 42.0 Å². The Morgan fingerprint density at radius 3 is 2.95 bits per heavy atom. The van der Waals surface area contributed by atoms with Gasteiger partial charge < -0.3 is 14.6 Å². The van der Waals surface area contributed by atoms with Crippen LogP contribution in [0.15, 0.2) is 30.7 Å². The summed E-state index contributed by atoms with van der Waals surface area (Å²) < 4.78 is 7.17. The molecular weight excluding hydrogens is 240 g/mol. The van der Waals surface area contributed by atoms with E-state index in [0.717, 1.165) is 11.6 Å². The molecule has 0 amide bonds. The number of nitrogens with one attached hydrogen (secondary N) is 1. The van der Waals surface area contributed by atoms with Crippen LogP contribution < -0.4 is 5.32 Å². The minimum atomic E-state index is 0.218. The monoisotopic (exact) mass is 260 g/mol. The minimum Gasteiger partial charge on any atom is -0.383 e. The van der Waals surface area contributed by atoms with Gasteiger partial charge in [0.05, 0.1) is 18.8 Å². The van der Waals surface area contributed by atoms with Crippen LogP contribution in [0.25, 0.3) is 0 Å². The molecule has 2 aromatic heterocycles. The summed E-state index contributed by atoms with van der Waals surface area (Å²) in [5.41, 5.74) is 2.25. The molecule has 0 radical (unpaired) electrons. The average Bonchev–Trinajstić information content (AvgIpc) is 2.80. The fourth-order valence-corrected chi connectivity index (χ4v) is 1.93. The van der Waals surface area contributed by atoms with Crippen molar-refractivity contribution in [2.24, 2.45) is 0 Å². The van der Waals surface area contributed by atoms with E-state index in [-0.39, 0.29) is 6.04 Å². The molecule has 0 aliphatic carbocycles. The van der Waals surface area contributed by atoms with Crippen LogP contribution >= 0.6 is 0 Å². The number of ether oxygens (including phenoxy) is 1. The molecule has 0 saturated heterocycles. The second kappa shape index (κ2) is 6.33. The highest BCUT2D eigenvalue weighted by Gasteiger charge is 2.08. The van der Waals surface area contributed by atoms with Crippen molar-refractivity contribution < 1.29 is 4.74 Å². The highest BCUT2D eigenvalue weighted by Crippen LogP contribution is 2.11. The Balaban J connectivity index is 2.10. The average molecular weight is 260 g/mol. The van der Waals surface area contributed by atoms with Crippen LogP contribution in [-0.4, -0.2) is 34.3 Å². The van der Waals surface area contributed by atoms with Gasteiger partial charge in [0, 0.05) is 31.7 Å². The molecule has 0 fully saturated rings. The Hall–Kier alpha value is -1.88. The van der Waals surface area contributed by atoms with Gasteiger partial charge in [0.2, 0.25) is 5.95 Å². The topological polar surface area (TPSA) is 52.0 Å². The molecule has 1 N–H and O–H groups in total. The molecular formula is C14H20N4O. The summed E-state index contributed by atoms with van der Waals surface area (Å²) in [6, 6.07) is 4.24. The number of anilines is 1. The normalized spacial score (nSPS) is 12.4. The van der Waals surface area contributed by atoms with E-state index in [9.17, 15) is 0 Å².